The number of carbonyl (C=O) groups excluding carboxylic acids is 4. The Balaban J connectivity index is 2.03. The van der Waals surface area contributed by atoms with Crippen molar-refractivity contribution in [2.45, 2.75) is 58.4 Å². The largest absolute Gasteiger partial charge is 0.463 e. The molecule has 0 N–H and O–H groups in total. The second-order valence-corrected chi connectivity index (χ2v) is 7.66. The highest BCUT2D eigenvalue weighted by Crippen LogP contribution is 2.33. The van der Waals surface area contributed by atoms with Gasteiger partial charge in [0.05, 0.1) is 0 Å². The molecule has 2 aromatic rings. The summed E-state index contributed by atoms with van der Waals surface area (Å²) in [5.74, 6) is -2.29. The molecule has 0 aliphatic carbocycles. The molecule has 1 aliphatic heterocycles. The van der Waals surface area contributed by atoms with E-state index < -0.39 is 54.6 Å². The Kier molecular flexibility index (Phi) is 8.06. The molecule has 5 atom stereocenters. The Hall–Kier alpha value is -3.66. The van der Waals surface area contributed by atoms with Crippen LogP contribution in [0.2, 0.25) is 0 Å². The molecule has 10 nitrogen and oxygen atoms in total. The van der Waals surface area contributed by atoms with Crippen LogP contribution in [0.15, 0.2) is 42.5 Å². The monoisotopic (exact) mass is 474 g/mol. The first-order valence-electron chi connectivity index (χ1n) is 10.6. The number of fused-ring (bicyclic) bond motifs is 1. The maximum Gasteiger partial charge on any atom is 0.303 e. The van der Waals surface area contributed by atoms with Crippen LogP contribution < -0.4 is 4.74 Å². The molecule has 34 heavy (non-hydrogen) atoms. The van der Waals surface area contributed by atoms with E-state index in [1.54, 1.807) is 12.1 Å². The lowest BCUT2D eigenvalue weighted by Gasteiger charge is -2.44. The van der Waals surface area contributed by atoms with Crippen LogP contribution >= 0.6 is 0 Å². The smallest absolute Gasteiger partial charge is 0.303 e. The molecule has 10 heteroatoms. The van der Waals surface area contributed by atoms with Gasteiger partial charge in [-0.25, -0.2) is 0 Å². The molecule has 0 aromatic heterocycles. The molecule has 0 bridgehead atoms. The fourth-order valence-corrected chi connectivity index (χ4v) is 3.71. The first-order chi connectivity index (χ1) is 16.2. The Morgan fingerprint density at radius 3 is 1.97 bits per heavy atom. The van der Waals surface area contributed by atoms with E-state index in [1.807, 2.05) is 30.3 Å². The van der Waals surface area contributed by atoms with E-state index in [2.05, 4.69) is 0 Å². The van der Waals surface area contributed by atoms with E-state index in [-0.39, 0.29) is 6.61 Å². The second-order valence-electron chi connectivity index (χ2n) is 7.66. The topological polar surface area (TPSA) is 124 Å². The van der Waals surface area contributed by atoms with Crippen molar-refractivity contribution in [3.05, 3.63) is 42.5 Å². The van der Waals surface area contributed by atoms with Gasteiger partial charge in [-0.1, -0.05) is 36.4 Å². The van der Waals surface area contributed by atoms with Crippen molar-refractivity contribution in [2.24, 2.45) is 0 Å². The third-order valence-corrected chi connectivity index (χ3v) is 4.94. The molecule has 1 heterocycles. The first kappa shape index (κ1) is 25.0. The molecule has 2 aromatic carbocycles. The van der Waals surface area contributed by atoms with E-state index >= 15 is 0 Å². The van der Waals surface area contributed by atoms with Crippen molar-refractivity contribution in [2.75, 3.05) is 6.61 Å². The Labute approximate surface area is 196 Å². The van der Waals surface area contributed by atoms with Crippen molar-refractivity contribution in [3.63, 3.8) is 0 Å². The summed E-state index contributed by atoms with van der Waals surface area (Å²) in [5.41, 5.74) is 0. The van der Waals surface area contributed by atoms with Crippen LogP contribution in [-0.4, -0.2) is 61.2 Å². The zero-order valence-corrected chi connectivity index (χ0v) is 19.2. The molecule has 182 valence electrons. The van der Waals surface area contributed by atoms with Gasteiger partial charge in [-0.05, 0) is 11.5 Å². The molecule has 0 saturated carbocycles. The van der Waals surface area contributed by atoms with Crippen molar-refractivity contribution in [1.82, 2.24) is 0 Å². The van der Waals surface area contributed by atoms with Crippen LogP contribution in [-0.2, 0) is 42.9 Å². The summed E-state index contributed by atoms with van der Waals surface area (Å²) >= 11 is 0. The minimum Gasteiger partial charge on any atom is -0.463 e. The van der Waals surface area contributed by atoms with E-state index in [0.717, 1.165) is 24.6 Å². The molecule has 0 spiro atoms. The molecule has 0 amide bonds. The zero-order chi connectivity index (χ0) is 24.8. The average molecular weight is 474 g/mol. The molecule has 3 rings (SSSR count). The summed E-state index contributed by atoms with van der Waals surface area (Å²) in [5, 5.41) is 1.66. The van der Waals surface area contributed by atoms with Gasteiger partial charge >= 0.3 is 23.9 Å². The van der Waals surface area contributed by atoms with E-state index in [0.29, 0.717) is 5.75 Å². The van der Waals surface area contributed by atoms with Crippen LogP contribution in [0, 0.1) is 0 Å². The van der Waals surface area contributed by atoms with Crippen LogP contribution in [0.5, 0.6) is 5.75 Å². The highest BCUT2D eigenvalue weighted by atomic mass is 16.7. The Bertz CT molecular complexity index is 1060. The van der Waals surface area contributed by atoms with Gasteiger partial charge in [0.2, 0.25) is 12.4 Å². The van der Waals surface area contributed by atoms with Gasteiger partial charge in [-0.15, -0.1) is 0 Å². The zero-order valence-electron chi connectivity index (χ0n) is 19.2. The number of benzene rings is 2. The third kappa shape index (κ3) is 6.22. The summed E-state index contributed by atoms with van der Waals surface area (Å²) in [4.78, 5) is 47.1. The fourth-order valence-electron chi connectivity index (χ4n) is 3.71. The quantitative estimate of drug-likeness (QED) is 0.436. The van der Waals surface area contributed by atoms with E-state index in [1.165, 1.54) is 13.8 Å². The normalized spacial score (nSPS) is 24.1. The SMILES string of the molecule is CC(=O)OCC1OC(Oc2cccc3ccccc23)[C@H](OC(C)=O)[C@@H](OC(C)=O)[C@@H]1OC(C)=O. The van der Waals surface area contributed by atoms with Gasteiger partial charge in [0.25, 0.3) is 0 Å². The van der Waals surface area contributed by atoms with Crippen LogP contribution in [0.4, 0.5) is 0 Å². The minimum atomic E-state index is -1.29. The molecule has 1 saturated heterocycles. The number of carbonyl (C=O) groups is 4. The summed E-state index contributed by atoms with van der Waals surface area (Å²) in [6.45, 7) is 4.37. The van der Waals surface area contributed by atoms with Gasteiger partial charge in [0.15, 0.2) is 12.2 Å². The standard InChI is InChI=1S/C24H26O10/c1-13(25)29-12-20-21(30-14(2)26)22(31-15(3)27)23(32-16(4)28)24(34-20)33-19-11-7-9-17-8-5-6-10-18(17)19/h5-11,20-24H,12H2,1-4H3/t20?,21-,22+,23-,24?/m1/s1. The van der Waals surface area contributed by atoms with E-state index in [9.17, 15) is 19.2 Å². The second kappa shape index (κ2) is 11.0. The molecule has 0 radical (unpaired) electrons. The number of rotatable bonds is 7. The number of hydrogen-bond donors (Lipinski definition) is 0. The highest BCUT2D eigenvalue weighted by molar-refractivity contribution is 5.88. The van der Waals surface area contributed by atoms with Gasteiger partial charge in [-0.2, -0.15) is 0 Å². The van der Waals surface area contributed by atoms with Gasteiger partial charge in [0, 0.05) is 33.1 Å². The van der Waals surface area contributed by atoms with Gasteiger partial charge < -0.3 is 28.4 Å². The number of ether oxygens (including phenoxy) is 6. The van der Waals surface area contributed by atoms with Crippen molar-refractivity contribution in [1.29, 1.82) is 0 Å². The lowest BCUT2D eigenvalue weighted by atomic mass is 9.98. The van der Waals surface area contributed by atoms with Crippen LogP contribution in [0.3, 0.4) is 0 Å². The van der Waals surface area contributed by atoms with E-state index in [4.69, 9.17) is 28.4 Å². The predicted octanol–water partition coefficient (Wildman–Crippen LogP) is 2.30. The maximum absolute atomic E-state index is 11.9. The predicted molar refractivity (Wildman–Crippen MR) is 117 cm³/mol. The first-order valence-corrected chi connectivity index (χ1v) is 10.6. The molecular weight excluding hydrogens is 448 g/mol. The van der Waals surface area contributed by atoms with Crippen LogP contribution in [0.25, 0.3) is 10.8 Å². The Morgan fingerprint density at radius 1 is 0.735 bits per heavy atom. The summed E-state index contributed by atoms with van der Waals surface area (Å²) in [7, 11) is 0. The highest BCUT2D eigenvalue weighted by Gasteiger charge is 2.53. The summed E-state index contributed by atoms with van der Waals surface area (Å²) in [6, 6.07) is 12.8. The summed E-state index contributed by atoms with van der Waals surface area (Å²) < 4.78 is 33.4. The molecule has 1 aliphatic rings. The number of hydrogen-bond acceptors (Lipinski definition) is 10. The van der Waals surface area contributed by atoms with Gasteiger partial charge in [-0.3, -0.25) is 19.2 Å². The molecular formula is C24H26O10. The molecule has 1 fully saturated rings. The molecule has 2 unspecified atom stereocenters. The summed E-state index contributed by atoms with van der Waals surface area (Å²) in [6.07, 6.45) is -6.19. The van der Waals surface area contributed by atoms with Gasteiger partial charge in [0.1, 0.15) is 18.5 Å². The minimum absolute atomic E-state index is 0.326. The van der Waals surface area contributed by atoms with Crippen molar-refractivity contribution in [3.8, 4) is 5.75 Å². The lowest BCUT2D eigenvalue weighted by molar-refractivity contribution is -0.288. The maximum atomic E-state index is 11.9. The Morgan fingerprint density at radius 2 is 1.32 bits per heavy atom. The lowest BCUT2D eigenvalue weighted by Crippen LogP contribution is -2.63. The third-order valence-electron chi connectivity index (χ3n) is 4.94. The van der Waals surface area contributed by atoms with Crippen molar-refractivity contribution >= 4 is 34.6 Å². The van der Waals surface area contributed by atoms with Crippen LogP contribution in [0.1, 0.15) is 27.7 Å². The fraction of sp³-hybridized carbons (Fsp3) is 0.417. The van der Waals surface area contributed by atoms with Crippen molar-refractivity contribution < 1.29 is 47.6 Å². The average Bonchev–Trinajstić information content (AvgIpc) is 2.75. The number of esters is 4.